The summed E-state index contributed by atoms with van der Waals surface area (Å²) in [4.78, 5) is 10.8. The number of carbonyl (C=O) groups is 1. The summed E-state index contributed by atoms with van der Waals surface area (Å²) in [7, 11) is 0. The van der Waals surface area contributed by atoms with Crippen molar-refractivity contribution < 1.29 is 49.9 Å². The average molecular weight is 311 g/mol. The summed E-state index contributed by atoms with van der Waals surface area (Å²) in [5.74, 6) is 1.87. The van der Waals surface area contributed by atoms with E-state index in [2.05, 4.69) is 10.3 Å². The van der Waals surface area contributed by atoms with Crippen LogP contribution >= 0.6 is 0 Å². The molecule has 0 saturated carbocycles. The smallest absolute Gasteiger partial charge is 1.00 e. The Balaban J connectivity index is 0.000000372. The number of aromatic nitrogens is 2. The summed E-state index contributed by atoms with van der Waals surface area (Å²) in [6.45, 7) is 0. The van der Waals surface area contributed by atoms with Crippen LogP contribution in [0.5, 0.6) is 0 Å². The van der Waals surface area contributed by atoms with Gasteiger partial charge in [0.05, 0.1) is 24.9 Å². The van der Waals surface area contributed by atoms with Gasteiger partial charge in [0, 0.05) is 32.4 Å². The fraction of sp³-hybridized carbons (Fsp3) is 0.500. The van der Waals surface area contributed by atoms with Gasteiger partial charge in [-0.1, -0.05) is 10.3 Å². The molecule has 2 aromatic rings. The molecule has 2 aliphatic carbocycles. The number of hydrogen-bond acceptors (Lipinski definition) is 6. The van der Waals surface area contributed by atoms with Crippen molar-refractivity contribution in [1.82, 2.24) is 10.3 Å². The van der Waals surface area contributed by atoms with E-state index < -0.39 is 0 Å². The minimum absolute atomic E-state index is 0. The first kappa shape index (κ1) is 19.2. The predicted molar refractivity (Wildman–Crippen MR) is 74.9 cm³/mol. The number of aliphatic hydroxyl groups is 1. The van der Waals surface area contributed by atoms with Gasteiger partial charge in [0.1, 0.15) is 17.3 Å². The molecule has 0 bridgehead atoms. The van der Waals surface area contributed by atoms with E-state index in [0.29, 0.717) is 19.3 Å². The van der Waals surface area contributed by atoms with Gasteiger partial charge in [-0.2, -0.15) is 0 Å². The SMILES string of the molecule is O=C1CCc2cnoc2C1.OC1CCc2cnoc2C1.[B].[H-].[Na+]. The molecule has 4 rings (SSSR count). The minimum Gasteiger partial charge on any atom is -1.00 e. The first-order chi connectivity index (χ1) is 9.72. The predicted octanol–water partition coefficient (Wildman–Crippen LogP) is -2.01. The van der Waals surface area contributed by atoms with Crippen molar-refractivity contribution in [2.75, 3.05) is 0 Å². The second-order valence-corrected chi connectivity index (χ2v) is 5.16. The van der Waals surface area contributed by atoms with Gasteiger partial charge in [-0.15, -0.1) is 0 Å². The molecule has 0 aromatic carbocycles. The van der Waals surface area contributed by atoms with Crippen molar-refractivity contribution >= 4 is 14.2 Å². The normalized spacial score (nSPS) is 18.8. The molecule has 0 fully saturated rings. The molecule has 22 heavy (non-hydrogen) atoms. The second-order valence-electron chi connectivity index (χ2n) is 5.16. The Morgan fingerprint density at radius 1 is 1.09 bits per heavy atom. The van der Waals surface area contributed by atoms with Crippen molar-refractivity contribution in [3.8, 4) is 0 Å². The van der Waals surface area contributed by atoms with Gasteiger partial charge in [0.15, 0.2) is 0 Å². The number of fused-ring (bicyclic) bond motifs is 2. The molecule has 1 atom stereocenters. The molecule has 111 valence electrons. The molecule has 8 heteroatoms. The Morgan fingerprint density at radius 3 is 2.45 bits per heavy atom. The van der Waals surface area contributed by atoms with Crippen LogP contribution in [-0.4, -0.2) is 35.7 Å². The second kappa shape index (κ2) is 8.67. The number of aliphatic hydroxyl groups excluding tert-OH is 1. The number of rotatable bonds is 0. The Bertz CT molecular complexity index is 619. The Kier molecular flexibility index (Phi) is 7.55. The molecule has 0 aliphatic heterocycles. The van der Waals surface area contributed by atoms with Gasteiger partial charge >= 0.3 is 29.6 Å². The first-order valence-corrected chi connectivity index (χ1v) is 6.77. The number of ketones is 1. The molecule has 0 saturated heterocycles. The van der Waals surface area contributed by atoms with Crippen LogP contribution in [0.3, 0.4) is 0 Å². The van der Waals surface area contributed by atoms with Gasteiger partial charge in [0.25, 0.3) is 0 Å². The van der Waals surface area contributed by atoms with Crippen molar-refractivity contribution in [3.05, 3.63) is 35.0 Å². The fourth-order valence-corrected chi connectivity index (χ4v) is 2.47. The first-order valence-electron chi connectivity index (χ1n) is 6.77. The quantitative estimate of drug-likeness (QED) is 0.566. The molecule has 6 nitrogen and oxygen atoms in total. The van der Waals surface area contributed by atoms with E-state index >= 15 is 0 Å². The fourth-order valence-electron chi connectivity index (χ4n) is 2.47. The molecule has 0 amide bonds. The van der Waals surface area contributed by atoms with E-state index in [4.69, 9.17) is 9.05 Å². The summed E-state index contributed by atoms with van der Waals surface area (Å²) in [6, 6.07) is 0. The van der Waals surface area contributed by atoms with E-state index in [0.717, 1.165) is 41.9 Å². The van der Waals surface area contributed by atoms with E-state index in [1.807, 2.05) is 0 Å². The van der Waals surface area contributed by atoms with E-state index in [-0.39, 0.29) is 51.3 Å². The largest absolute Gasteiger partial charge is 1.00 e. The Labute approximate surface area is 154 Å². The maximum Gasteiger partial charge on any atom is 1.00 e. The Hall–Kier alpha value is -0.885. The summed E-state index contributed by atoms with van der Waals surface area (Å²) in [5, 5.41) is 16.4. The van der Waals surface area contributed by atoms with Crippen LogP contribution in [-0.2, 0) is 30.5 Å². The van der Waals surface area contributed by atoms with E-state index in [9.17, 15) is 9.90 Å². The monoisotopic (exact) mass is 311 g/mol. The molecule has 3 radical (unpaired) electrons. The molecule has 2 heterocycles. The third kappa shape index (κ3) is 4.55. The van der Waals surface area contributed by atoms with Crippen LogP contribution in [0.25, 0.3) is 0 Å². The third-order valence-corrected chi connectivity index (χ3v) is 3.66. The van der Waals surface area contributed by atoms with Crippen LogP contribution in [0, 0.1) is 0 Å². The third-order valence-electron chi connectivity index (χ3n) is 3.66. The zero-order chi connectivity index (χ0) is 13.9. The number of nitrogens with zero attached hydrogens (tertiary/aromatic N) is 2. The molecule has 1 N–H and O–H groups in total. The maximum absolute atomic E-state index is 10.8. The van der Waals surface area contributed by atoms with Crippen molar-refractivity contribution in [1.29, 1.82) is 0 Å². The Morgan fingerprint density at radius 2 is 1.73 bits per heavy atom. The number of hydrogen-bond donors (Lipinski definition) is 1. The number of carbonyl (C=O) groups excluding carboxylic acids is 1. The van der Waals surface area contributed by atoms with Crippen molar-refractivity contribution in [2.45, 2.75) is 44.6 Å². The van der Waals surface area contributed by atoms with Crippen molar-refractivity contribution in [3.63, 3.8) is 0 Å². The number of aryl methyl sites for hydroxylation is 2. The van der Waals surface area contributed by atoms with Gasteiger partial charge in [-0.25, -0.2) is 0 Å². The summed E-state index contributed by atoms with van der Waals surface area (Å²) in [6.07, 6.45) is 7.48. The molecule has 1 unspecified atom stereocenters. The average Bonchev–Trinajstić information content (AvgIpc) is 3.06. The van der Waals surface area contributed by atoms with Crippen molar-refractivity contribution in [2.24, 2.45) is 0 Å². The standard InChI is InChI=1S/C7H9NO2.C7H7NO2.B.Na.H/c2*9-6-2-1-5-4-8-10-7(5)3-6;;;/h4,6,9H,1-3H2;4H,1-3H2;;;/q;;;+1;-1. The van der Waals surface area contributed by atoms with Crippen LogP contribution in [0.2, 0.25) is 0 Å². The minimum atomic E-state index is -0.222. The van der Waals surface area contributed by atoms with Crippen LogP contribution in [0.1, 0.15) is 36.9 Å². The van der Waals surface area contributed by atoms with Gasteiger partial charge < -0.3 is 15.6 Å². The molecular weight excluding hydrogens is 294 g/mol. The van der Waals surface area contributed by atoms with Gasteiger partial charge in [-0.3, -0.25) is 4.79 Å². The van der Waals surface area contributed by atoms with Crippen LogP contribution in [0.15, 0.2) is 21.4 Å². The van der Waals surface area contributed by atoms with Gasteiger partial charge in [0.2, 0.25) is 0 Å². The summed E-state index contributed by atoms with van der Waals surface area (Å²) in [5.41, 5.74) is 2.25. The molecule has 0 spiro atoms. The zero-order valence-electron chi connectivity index (χ0n) is 13.6. The summed E-state index contributed by atoms with van der Waals surface area (Å²) < 4.78 is 9.77. The molecule has 2 aliphatic rings. The molecular formula is C14H17BN2NaO4. The van der Waals surface area contributed by atoms with E-state index in [1.54, 1.807) is 12.4 Å². The number of Topliss-reactive ketones (excluding diaryl/α,β-unsaturated/α-hetero) is 1. The van der Waals surface area contributed by atoms with E-state index in [1.165, 1.54) is 0 Å². The molecule has 2 aromatic heterocycles. The topological polar surface area (TPSA) is 89.4 Å². The van der Waals surface area contributed by atoms with Crippen LogP contribution in [0.4, 0.5) is 0 Å². The summed E-state index contributed by atoms with van der Waals surface area (Å²) >= 11 is 0. The maximum atomic E-state index is 10.8. The van der Waals surface area contributed by atoms with Crippen LogP contribution < -0.4 is 29.6 Å². The van der Waals surface area contributed by atoms with Gasteiger partial charge in [-0.05, 0) is 19.3 Å². The zero-order valence-corrected chi connectivity index (χ0v) is 14.6.